The summed E-state index contributed by atoms with van der Waals surface area (Å²) < 4.78 is 11.4. The Morgan fingerprint density at radius 3 is 2.77 bits per heavy atom. The SMILES string of the molecule is CC(C)(C)COC(=O)NCc1c(C2CCCNC2)cc(-c2c(O)cccc2OCC2CC2)nc1N. The molecule has 1 aliphatic heterocycles. The number of phenols is 1. The van der Waals surface area contributed by atoms with Crippen molar-refractivity contribution in [3.63, 3.8) is 0 Å². The molecule has 35 heavy (non-hydrogen) atoms. The molecule has 2 fully saturated rings. The topological polar surface area (TPSA) is 119 Å². The van der Waals surface area contributed by atoms with Crippen LogP contribution in [-0.2, 0) is 11.3 Å². The average molecular weight is 483 g/mol. The second kappa shape index (κ2) is 10.7. The van der Waals surface area contributed by atoms with Crippen molar-refractivity contribution in [3.8, 4) is 22.8 Å². The second-order valence-electron chi connectivity index (χ2n) is 10.9. The molecule has 0 spiro atoms. The van der Waals surface area contributed by atoms with Gasteiger partial charge in [-0.05, 0) is 73.2 Å². The molecule has 2 aliphatic rings. The Balaban J connectivity index is 1.63. The van der Waals surface area contributed by atoms with Gasteiger partial charge in [-0.15, -0.1) is 0 Å². The Bertz CT molecular complexity index is 1040. The molecule has 4 rings (SSSR count). The molecule has 1 aromatic carbocycles. The number of aromatic nitrogens is 1. The smallest absolute Gasteiger partial charge is 0.407 e. The van der Waals surface area contributed by atoms with E-state index in [2.05, 4.69) is 15.6 Å². The van der Waals surface area contributed by atoms with E-state index in [1.807, 2.05) is 32.9 Å². The number of alkyl carbamates (subject to hydrolysis) is 1. The van der Waals surface area contributed by atoms with E-state index in [1.165, 1.54) is 12.8 Å². The van der Waals surface area contributed by atoms with E-state index in [9.17, 15) is 9.90 Å². The molecule has 1 unspecified atom stereocenters. The van der Waals surface area contributed by atoms with Crippen molar-refractivity contribution in [2.75, 3.05) is 32.0 Å². The molecule has 1 saturated heterocycles. The van der Waals surface area contributed by atoms with E-state index in [0.717, 1.165) is 37.1 Å². The normalized spacial score (nSPS) is 18.2. The molecular weight excluding hydrogens is 444 g/mol. The second-order valence-corrected chi connectivity index (χ2v) is 10.9. The van der Waals surface area contributed by atoms with Gasteiger partial charge in [-0.2, -0.15) is 0 Å². The predicted molar refractivity (Wildman–Crippen MR) is 136 cm³/mol. The summed E-state index contributed by atoms with van der Waals surface area (Å²) in [5.74, 6) is 1.84. The van der Waals surface area contributed by atoms with Crippen LogP contribution in [-0.4, -0.2) is 42.5 Å². The standard InChI is InChI=1S/C27H38N4O4/c1-27(2,3)16-35-26(33)30-14-20-19(18-6-5-11-29-13-18)12-21(31-25(20)28)24-22(32)7-4-8-23(24)34-15-17-9-10-17/h4,7-8,12,17-18,29,32H,5-6,9-11,13-16H2,1-3H3,(H2,28,31)(H,30,33). The van der Waals surface area contributed by atoms with Crippen LogP contribution in [0, 0.1) is 11.3 Å². The minimum absolute atomic E-state index is 0.106. The first-order valence-corrected chi connectivity index (χ1v) is 12.6. The largest absolute Gasteiger partial charge is 0.507 e. The van der Waals surface area contributed by atoms with Gasteiger partial charge in [0.25, 0.3) is 0 Å². The van der Waals surface area contributed by atoms with Crippen molar-refractivity contribution in [1.82, 2.24) is 15.6 Å². The van der Waals surface area contributed by atoms with Crippen LogP contribution in [0.5, 0.6) is 11.5 Å². The van der Waals surface area contributed by atoms with E-state index in [-0.39, 0.29) is 23.6 Å². The van der Waals surface area contributed by atoms with Crippen molar-refractivity contribution in [2.45, 2.75) is 58.9 Å². The van der Waals surface area contributed by atoms with E-state index in [0.29, 0.717) is 42.0 Å². The first kappa shape index (κ1) is 25.1. The van der Waals surface area contributed by atoms with Gasteiger partial charge in [0, 0.05) is 12.1 Å². The Morgan fingerprint density at radius 1 is 1.29 bits per heavy atom. The van der Waals surface area contributed by atoms with Gasteiger partial charge < -0.3 is 30.9 Å². The summed E-state index contributed by atoms with van der Waals surface area (Å²) in [6.07, 6.45) is 3.93. The van der Waals surface area contributed by atoms with Crippen LogP contribution in [0.3, 0.4) is 0 Å². The molecule has 2 heterocycles. The summed E-state index contributed by atoms with van der Waals surface area (Å²) in [4.78, 5) is 17.0. The molecule has 1 amide bonds. The number of piperidine rings is 1. The van der Waals surface area contributed by atoms with Gasteiger partial charge in [0.15, 0.2) is 0 Å². The highest BCUT2D eigenvalue weighted by Crippen LogP contribution is 2.41. The summed E-state index contributed by atoms with van der Waals surface area (Å²) in [6, 6.07) is 7.26. The van der Waals surface area contributed by atoms with Gasteiger partial charge >= 0.3 is 6.09 Å². The number of nitrogens with one attached hydrogen (secondary N) is 2. The van der Waals surface area contributed by atoms with Gasteiger partial charge in [0.1, 0.15) is 17.3 Å². The fourth-order valence-corrected chi connectivity index (χ4v) is 4.30. The molecular formula is C27H38N4O4. The van der Waals surface area contributed by atoms with Crippen molar-refractivity contribution < 1.29 is 19.4 Å². The minimum atomic E-state index is -0.479. The summed E-state index contributed by atoms with van der Waals surface area (Å²) in [6.45, 7) is 9.00. The van der Waals surface area contributed by atoms with Crippen LogP contribution < -0.4 is 21.1 Å². The number of benzene rings is 1. The van der Waals surface area contributed by atoms with Crippen LogP contribution in [0.1, 0.15) is 63.5 Å². The third-order valence-corrected chi connectivity index (χ3v) is 6.41. The van der Waals surface area contributed by atoms with E-state index in [4.69, 9.17) is 15.2 Å². The lowest BCUT2D eigenvalue weighted by atomic mass is 9.87. The number of nitrogens with two attached hydrogens (primary N) is 1. The maximum absolute atomic E-state index is 12.3. The number of anilines is 1. The van der Waals surface area contributed by atoms with Gasteiger partial charge in [0.05, 0.1) is 31.0 Å². The van der Waals surface area contributed by atoms with Gasteiger partial charge in [-0.1, -0.05) is 26.8 Å². The number of carbonyl (C=O) groups excluding carboxylic acids is 1. The van der Waals surface area contributed by atoms with Crippen LogP contribution >= 0.6 is 0 Å². The maximum Gasteiger partial charge on any atom is 0.407 e. The highest BCUT2D eigenvalue weighted by molar-refractivity contribution is 5.76. The first-order chi connectivity index (χ1) is 16.7. The van der Waals surface area contributed by atoms with Crippen LogP contribution in [0.4, 0.5) is 10.6 Å². The van der Waals surface area contributed by atoms with Crippen LogP contribution in [0.2, 0.25) is 0 Å². The lowest BCUT2D eigenvalue weighted by Gasteiger charge is -2.27. The number of pyridine rings is 1. The zero-order chi connectivity index (χ0) is 25.0. The Kier molecular flexibility index (Phi) is 7.69. The minimum Gasteiger partial charge on any atom is -0.507 e. The molecule has 1 saturated carbocycles. The Hall–Kier alpha value is -3.00. The Morgan fingerprint density at radius 2 is 2.09 bits per heavy atom. The molecule has 0 bridgehead atoms. The summed E-state index contributed by atoms with van der Waals surface area (Å²) in [7, 11) is 0. The number of hydrogen-bond acceptors (Lipinski definition) is 7. The number of carbonyl (C=O) groups is 1. The molecule has 2 aromatic rings. The lowest BCUT2D eigenvalue weighted by Crippen LogP contribution is -2.31. The van der Waals surface area contributed by atoms with Crippen molar-refractivity contribution in [3.05, 3.63) is 35.4 Å². The number of amides is 1. The summed E-state index contributed by atoms with van der Waals surface area (Å²) in [5.41, 5.74) is 9.30. The average Bonchev–Trinajstić information content (AvgIpc) is 3.65. The fourth-order valence-electron chi connectivity index (χ4n) is 4.30. The first-order valence-electron chi connectivity index (χ1n) is 12.6. The van der Waals surface area contributed by atoms with Crippen LogP contribution in [0.15, 0.2) is 24.3 Å². The van der Waals surface area contributed by atoms with E-state index < -0.39 is 6.09 Å². The number of hydrogen-bond donors (Lipinski definition) is 4. The van der Waals surface area contributed by atoms with E-state index in [1.54, 1.807) is 12.1 Å². The number of phenolic OH excluding ortho intramolecular Hbond substituents is 1. The molecule has 8 heteroatoms. The molecule has 1 aromatic heterocycles. The van der Waals surface area contributed by atoms with E-state index >= 15 is 0 Å². The number of nitrogens with zero attached hydrogens (tertiary/aromatic N) is 1. The zero-order valence-corrected chi connectivity index (χ0v) is 21.0. The molecule has 1 atom stereocenters. The highest BCUT2D eigenvalue weighted by Gasteiger charge is 2.26. The van der Waals surface area contributed by atoms with Gasteiger partial charge in [-0.3, -0.25) is 0 Å². The van der Waals surface area contributed by atoms with Gasteiger partial charge in [0.2, 0.25) is 0 Å². The van der Waals surface area contributed by atoms with Gasteiger partial charge in [-0.25, -0.2) is 9.78 Å². The monoisotopic (exact) mass is 482 g/mol. The summed E-state index contributed by atoms with van der Waals surface area (Å²) in [5, 5.41) is 17.0. The van der Waals surface area contributed by atoms with Crippen molar-refractivity contribution in [1.29, 1.82) is 0 Å². The molecule has 0 radical (unpaired) electrons. The summed E-state index contributed by atoms with van der Waals surface area (Å²) >= 11 is 0. The Labute approximate surface area is 207 Å². The number of ether oxygens (including phenoxy) is 2. The highest BCUT2D eigenvalue weighted by atomic mass is 16.5. The van der Waals surface area contributed by atoms with Crippen LogP contribution in [0.25, 0.3) is 11.3 Å². The number of aromatic hydroxyl groups is 1. The number of rotatable bonds is 8. The molecule has 190 valence electrons. The van der Waals surface area contributed by atoms with Crippen molar-refractivity contribution in [2.24, 2.45) is 11.3 Å². The predicted octanol–water partition coefficient (Wildman–Crippen LogP) is 4.56. The van der Waals surface area contributed by atoms with Crippen molar-refractivity contribution >= 4 is 11.9 Å². The molecule has 5 N–H and O–H groups in total. The zero-order valence-electron chi connectivity index (χ0n) is 21.0. The third-order valence-electron chi connectivity index (χ3n) is 6.41. The lowest BCUT2D eigenvalue weighted by molar-refractivity contribution is 0.106. The number of nitrogen functional groups attached to an aromatic ring is 1. The maximum atomic E-state index is 12.3. The molecule has 8 nitrogen and oxygen atoms in total. The molecule has 1 aliphatic carbocycles. The third kappa shape index (κ3) is 6.78. The quantitative estimate of drug-likeness (QED) is 0.435. The fraction of sp³-hybridized carbons (Fsp3) is 0.556.